The molecule has 1 aliphatic rings. The molecule has 1 fully saturated rings. The van der Waals surface area contributed by atoms with Crippen molar-refractivity contribution in [3.05, 3.63) is 18.0 Å². The van der Waals surface area contributed by atoms with Gasteiger partial charge in [-0.1, -0.05) is 20.8 Å². The van der Waals surface area contributed by atoms with Crippen LogP contribution in [0.5, 0.6) is 0 Å². The molecule has 0 radical (unpaired) electrons. The van der Waals surface area contributed by atoms with Crippen LogP contribution < -0.4 is 5.32 Å². The van der Waals surface area contributed by atoms with Gasteiger partial charge in [0.25, 0.3) is 0 Å². The molecule has 2 rings (SSSR count). The highest BCUT2D eigenvalue weighted by Crippen LogP contribution is 2.35. The van der Waals surface area contributed by atoms with Gasteiger partial charge in [-0.25, -0.2) is 0 Å². The largest absolute Gasteiger partial charge is 0.313 e. The Bertz CT molecular complexity index is 358. The minimum absolute atomic E-state index is 0.621. The quantitative estimate of drug-likeness (QED) is 0.811. The van der Waals surface area contributed by atoms with Gasteiger partial charge < -0.3 is 5.32 Å². The second-order valence-corrected chi connectivity index (χ2v) is 5.93. The lowest BCUT2D eigenvalue weighted by molar-refractivity contribution is 0.201. The van der Waals surface area contributed by atoms with Crippen LogP contribution in [0.2, 0.25) is 0 Å². The minimum atomic E-state index is 0.621. The summed E-state index contributed by atoms with van der Waals surface area (Å²) in [6.07, 6.45) is 9.35. The van der Waals surface area contributed by atoms with E-state index in [1.165, 1.54) is 31.2 Å². The van der Waals surface area contributed by atoms with Crippen molar-refractivity contribution in [1.82, 2.24) is 15.1 Å². The average Bonchev–Trinajstić information content (AvgIpc) is 2.82. The van der Waals surface area contributed by atoms with E-state index in [-0.39, 0.29) is 0 Å². The van der Waals surface area contributed by atoms with E-state index in [9.17, 15) is 0 Å². The van der Waals surface area contributed by atoms with Crippen LogP contribution in [-0.2, 0) is 6.54 Å². The van der Waals surface area contributed by atoms with Gasteiger partial charge in [-0.05, 0) is 44.1 Å². The standard InChI is InChI=1S/C15H27N3/c1-4-7-16-9-14-10-17-18(11-14)15-6-5-12(2)13(3)8-15/h10-13,15-16H,4-9H2,1-3H3. The summed E-state index contributed by atoms with van der Waals surface area (Å²) in [5, 5.41) is 7.98. The molecule has 1 saturated carbocycles. The monoisotopic (exact) mass is 249 g/mol. The van der Waals surface area contributed by atoms with Crippen LogP contribution in [-0.4, -0.2) is 16.3 Å². The Morgan fingerprint density at radius 2 is 2.17 bits per heavy atom. The Kier molecular flexibility index (Phi) is 4.81. The van der Waals surface area contributed by atoms with Gasteiger partial charge in [0.2, 0.25) is 0 Å². The molecule has 1 aromatic rings. The van der Waals surface area contributed by atoms with Gasteiger partial charge in [0, 0.05) is 18.3 Å². The molecule has 0 bridgehead atoms. The second kappa shape index (κ2) is 6.37. The van der Waals surface area contributed by atoms with E-state index in [1.807, 2.05) is 6.20 Å². The molecule has 0 amide bonds. The van der Waals surface area contributed by atoms with Crippen molar-refractivity contribution in [3.63, 3.8) is 0 Å². The molecular weight excluding hydrogens is 222 g/mol. The van der Waals surface area contributed by atoms with E-state index in [0.29, 0.717) is 6.04 Å². The lowest BCUT2D eigenvalue weighted by Gasteiger charge is -2.32. The molecule has 18 heavy (non-hydrogen) atoms. The smallest absolute Gasteiger partial charge is 0.0534 e. The lowest BCUT2D eigenvalue weighted by atomic mass is 9.79. The predicted molar refractivity (Wildman–Crippen MR) is 75.4 cm³/mol. The van der Waals surface area contributed by atoms with Gasteiger partial charge in [0.05, 0.1) is 12.2 Å². The zero-order chi connectivity index (χ0) is 13.0. The Hall–Kier alpha value is -0.830. The fourth-order valence-electron chi connectivity index (χ4n) is 2.84. The van der Waals surface area contributed by atoms with E-state index >= 15 is 0 Å². The molecule has 3 atom stereocenters. The van der Waals surface area contributed by atoms with Gasteiger partial charge in [-0.2, -0.15) is 5.10 Å². The molecule has 0 aliphatic heterocycles. The van der Waals surface area contributed by atoms with Gasteiger partial charge in [-0.15, -0.1) is 0 Å². The summed E-state index contributed by atoms with van der Waals surface area (Å²) in [4.78, 5) is 0. The molecular formula is C15H27N3. The first-order valence-corrected chi connectivity index (χ1v) is 7.44. The molecule has 3 heteroatoms. The average molecular weight is 249 g/mol. The van der Waals surface area contributed by atoms with Crippen molar-refractivity contribution in [2.75, 3.05) is 6.54 Å². The Morgan fingerprint density at radius 1 is 1.33 bits per heavy atom. The van der Waals surface area contributed by atoms with Crippen molar-refractivity contribution >= 4 is 0 Å². The number of aromatic nitrogens is 2. The fourth-order valence-corrected chi connectivity index (χ4v) is 2.84. The molecule has 3 nitrogen and oxygen atoms in total. The molecule has 1 aliphatic carbocycles. The number of hydrogen-bond acceptors (Lipinski definition) is 2. The first-order chi connectivity index (χ1) is 8.70. The maximum atomic E-state index is 4.55. The lowest BCUT2D eigenvalue weighted by Crippen LogP contribution is -2.23. The first kappa shape index (κ1) is 13.6. The van der Waals surface area contributed by atoms with Crippen LogP contribution in [0.3, 0.4) is 0 Å². The second-order valence-electron chi connectivity index (χ2n) is 5.93. The van der Waals surface area contributed by atoms with Crippen molar-refractivity contribution < 1.29 is 0 Å². The summed E-state index contributed by atoms with van der Waals surface area (Å²) in [7, 11) is 0. The molecule has 1 aromatic heterocycles. The summed E-state index contributed by atoms with van der Waals surface area (Å²) in [6.45, 7) is 8.99. The number of rotatable bonds is 5. The summed E-state index contributed by atoms with van der Waals surface area (Å²) < 4.78 is 2.20. The van der Waals surface area contributed by atoms with Crippen LogP contribution in [0.1, 0.15) is 58.1 Å². The van der Waals surface area contributed by atoms with Gasteiger partial charge in [0.1, 0.15) is 0 Å². The highest BCUT2D eigenvalue weighted by Gasteiger charge is 2.25. The van der Waals surface area contributed by atoms with E-state index in [2.05, 4.69) is 42.1 Å². The van der Waals surface area contributed by atoms with Gasteiger partial charge in [0.15, 0.2) is 0 Å². The minimum Gasteiger partial charge on any atom is -0.313 e. The fraction of sp³-hybridized carbons (Fsp3) is 0.800. The van der Waals surface area contributed by atoms with E-state index in [4.69, 9.17) is 0 Å². The molecule has 102 valence electrons. The van der Waals surface area contributed by atoms with Crippen molar-refractivity contribution in [2.45, 2.75) is 59.0 Å². The normalized spacial score (nSPS) is 28.5. The molecule has 1 heterocycles. The van der Waals surface area contributed by atoms with E-state index < -0.39 is 0 Å². The third-order valence-electron chi connectivity index (χ3n) is 4.36. The molecule has 0 aromatic carbocycles. The van der Waals surface area contributed by atoms with Crippen LogP contribution in [0.25, 0.3) is 0 Å². The van der Waals surface area contributed by atoms with Crippen LogP contribution in [0, 0.1) is 11.8 Å². The topological polar surface area (TPSA) is 29.9 Å². The third-order valence-corrected chi connectivity index (χ3v) is 4.36. The third kappa shape index (κ3) is 3.35. The van der Waals surface area contributed by atoms with Crippen molar-refractivity contribution in [1.29, 1.82) is 0 Å². The number of nitrogens with zero attached hydrogens (tertiary/aromatic N) is 2. The number of nitrogens with one attached hydrogen (secondary N) is 1. The van der Waals surface area contributed by atoms with Crippen LogP contribution >= 0.6 is 0 Å². The zero-order valence-electron chi connectivity index (χ0n) is 12.0. The maximum absolute atomic E-state index is 4.55. The Labute approximate surface area is 111 Å². The Balaban J connectivity index is 1.89. The summed E-state index contributed by atoms with van der Waals surface area (Å²) >= 11 is 0. The van der Waals surface area contributed by atoms with Crippen LogP contribution in [0.4, 0.5) is 0 Å². The van der Waals surface area contributed by atoms with E-state index in [1.54, 1.807) is 0 Å². The highest BCUT2D eigenvalue weighted by atomic mass is 15.3. The zero-order valence-corrected chi connectivity index (χ0v) is 12.0. The molecule has 0 spiro atoms. The summed E-state index contributed by atoms with van der Waals surface area (Å²) in [5.41, 5.74) is 1.31. The predicted octanol–water partition coefficient (Wildman–Crippen LogP) is 3.38. The number of hydrogen-bond donors (Lipinski definition) is 1. The van der Waals surface area contributed by atoms with Crippen molar-refractivity contribution in [2.24, 2.45) is 11.8 Å². The van der Waals surface area contributed by atoms with E-state index in [0.717, 1.165) is 24.9 Å². The molecule has 0 saturated heterocycles. The Morgan fingerprint density at radius 3 is 2.89 bits per heavy atom. The first-order valence-electron chi connectivity index (χ1n) is 7.44. The SMILES string of the molecule is CCCNCc1cnn(C2CCC(C)C(C)C2)c1. The highest BCUT2D eigenvalue weighted by molar-refractivity contribution is 5.04. The molecule has 3 unspecified atom stereocenters. The van der Waals surface area contributed by atoms with Crippen LogP contribution in [0.15, 0.2) is 12.4 Å². The van der Waals surface area contributed by atoms with Gasteiger partial charge in [-0.3, -0.25) is 4.68 Å². The summed E-state index contributed by atoms with van der Waals surface area (Å²) in [6, 6.07) is 0.621. The van der Waals surface area contributed by atoms with Gasteiger partial charge >= 0.3 is 0 Å². The summed E-state index contributed by atoms with van der Waals surface area (Å²) in [5.74, 6) is 1.71. The molecule has 1 N–H and O–H groups in total. The maximum Gasteiger partial charge on any atom is 0.0534 e. The van der Waals surface area contributed by atoms with Crippen molar-refractivity contribution in [3.8, 4) is 0 Å².